The minimum absolute atomic E-state index is 0.0409. The van der Waals surface area contributed by atoms with Crippen molar-refractivity contribution in [1.82, 2.24) is 5.01 Å². The molecule has 0 N–H and O–H groups in total. The van der Waals surface area contributed by atoms with E-state index in [1.165, 1.54) is 6.07 Å². The maximum absolute atomic E-state index is 12.8. The SMILES string of the molecule is [C-]#[N+]N1C2CCC1C(CC(=O)COc1ccc(Cl)c(C(F)(F)F)c1)C2. The number of hydrogen-bond acceptors (Lipinski definition) is 3. The second kappa shape index (κ2) is 6.75. The van der Waals surface area contributed by atoms with E-state index in [9.17, 15) is 18.0 Å². The lowest BCUT2D eigenvalue weighted by Gasteiger charge is -2.17. The van der Waals surface area contributed by atoms with E-state index in [4.69, 9.17) is 22.9 Å². The third-order valence-electron chi connectivity index (χ3n) is 4.88. The smallest absolute Gasteiger partial charge is 0.417 e. The topological polar surface area (TPSA) is 33.9 Å². The molecule has 2 fully saturated rings. The Hall–Kier alpha value is -1.94. The van der Waals surface area contributed by atoms with Crippen LogP contribution in [0.2, 0.25) is 5.02 Å². The summed E-state index contributed by atoms with van der Waals surface area (Å²) in [6, 6.07) is 3.55. The highest BCUT2D eigenvalue weighted by Gasteiger charge is 2.50. The summed E-state index contributed by atoms with van der Waals surface area (Å²) in [5.74, 6) is -0.0910. The fourth-order valence-electron chi connectivity index (χ4n) is 3.78. The van der Waals surface area contributed by atoms with E-state index in [-0.39, 0.29) is 42.6 Å². The zero-order valence-electron chi connectivity index (χ0n) is 13.2. The summed E-state index contributed by atoms with van der Waals surface area (Å²) in [7, 11) is 0. The first-order valence-corrected chi connectivity index (χ1v) is 8.34. The van der Waals surface area contributed by atoms with E-state index in [1.54, 1.807) is 5.01 Å². The molecule has 2 bridgehead atoms. The van der Waals surface area contributed by atoms with Gasteiger partial charge in [0.25, 0.3) is 0 Å². The van der Waals surface area contributed by atoms with Gasteiger partial charge in [0.2, 0.25) is 0 Å². The van der Waals surface area contributed by atoms with Crippen LogP contribution in [0.4, 0.5) is 13.2 Å². The molecule has 1 aromatic rings. The van der Waals surface area contributed by atoms with Gasteiger partial charge in [-0.25, -0.2) is 0 Å². The lowest BCUT2D eigenvalue weighted by molar-refractivity contribution is -0.137. The van der Waals surface area contributed by atoms with Crippen LogP contribution in [-0.4, -0.2) is 29.5 Å². The monoisotopic (exact) mass is 372 g/mol. The maximum Gasteiger partial charge on any atom is 0.417 e. The molecule has 0 aliphatic carbocycles. The number of carbonyl (C=O) groups is 1. The van der Waals surface area contributed by atoms with Crippen LogP contribution in [0.25, 0.3) is 4.95 Å². The zero-order valence-corrected chi connectivity index (χ0v) is 14.0. The first kappa shape index (κ1) is 17.9. The van der Waals surface area contributed by atoms with Gasteiger partial charge in [-0.3, -0.25) is 4.79 Å². The van der Waals surface area contributed by atoms with Crippen LogP contribution in [0.15, 0.2) is 18.2 Å². The van der Waals surface area contributed by atoms with E-state index >= 15 is 0 Å². The first-order chi connectivity index (χ1) is 11.8. The summed E-state index contributed by atoms with van der Waals surface area (Å²) in [6.45, 7) is 6.91. The molecule has 0 aromatic heterocycles. The van der Waals surface area contributed by atoms with Gasteiger partial charge in [-0.2, -0.15) is 24.7 Å². The van der Waals surface area contributed by atoms with Crippen LogP contribution in [0.5, 0.6) is 5.75 Å². The Balaban J connectivity index is 1.56. The molecule has 2 aliphatic rings. The van der Waals surface area contributed by atoms with Crippen molar-refractivity contribution in [3.63, 3.8) is 0 Å². The highest BCUT2D eigenvalue weighted by molar-refractivity contribution is 6.31. The van der Waals surface area contributed by atoms with Crippen LogP contribution < -0.4 is 4.74 Å². The molecule has 3 rings (SSSR count). The summed E-state index contributed by atoms with van der Waals surface area (Å²) in [4.78, 5) is 15.6. The number of carbonyl (C=O) groups excluding carboxylic acids is 1. The van der Waals surface area contributed by atoms with Crippen molar-refractivity contribution < 1.29 is 22.7 Å². The molecule has 0 saturated carbocycles. The molecule has 3 atom stereocenters. The normalized spacial score (nSPS) is 25.1. The van der Waals surface area contributed by atoms with E-state index in [0.29, 0.717) is 0 Å². The Morgan fingerprint density at radius 2 is 2.16 bits per heavy atom. The van der Waals surface area contributed by atoms with E-state index in [1.807, 2.05) is 0 Å². The standard InChI is InChI=1S/C17H16ClF3N2O2/c1-22-23-11-2-5-16(23)10(6-11)7-12(24)9-25-13-3-4-15(18)14(8-13)17(19,20)21/h3-4,8,10-11,16H,2,5-7,9H2. The third kappa shape index (κ3) is 3.69. The molecule has 8 heteroatoms. The second-order valence-electron chi connectivity index (χ2n) is 6.45. The predicted molar refractivity (Wildman–Crippen MR) is 84.9 cm³/mol. The molecule has 134 valence electrons. The van der Waals surface area contributed by atoms with E-state index in [0.717, 1.165) is 31.4 Å². The minimum Gasteiger partial charge on any atom is -0.486 e. The molecule has 2 heterocycles. The van der Waals surface area contributed by atoms with Crippen molar-refractivity contribution >= 4 is 17.4 Å². The molecule has 2 saturated heterocycles. The van der Waals surface area contributed by atoms with Crippen LogP contribution in [0.3, 0.4) is 0 Å². The fourth-order valence-corrected chi connectivity index (χ4v) is 4.01. The van der Waals surface area contributed by atoms with Gasteiger partial charge in [0.1, 0.15) is 18.4 Å². The number of benzene rings is 1. The molecular weight excluding hydrogens is 357 g/mol. The molecular formula is C17H16ClF3N2O2. The Kier molecular flexibility index (Phi) is 4.83. The van der Waals surface area contributed by atoms with Gasteiger partial charge in [0.15, 0.2) is 5.78 Å². The van der Waals surface area contributed by atoms with Crippen molar-refractivity contribution in [2.24, 2.45) is 5.92 Å². The molecule has 1 aromatic carbocycles. The molecule has 2 aliphatic heterocycles. The average Bonchev–Trinajstić information content (AvgIpc) is 3.09. The number of alkyl halides is 3. The van der Waals surface area contributed by atoms with Gasteiger partial charge >= 0.3 is 6.18 Å². The first-order valence-electron chi connectivity index (χ1n) is 7.96. The van der Waals surface area contributed by atoms with Gasteiger partial charge in [-0.15, -0.1) is 5.01 Å². The molecule has 0 amide bonds. The Morgan fingerprint density at radius 1 is 1.40 bits per heavy atom. The summed E-state index contributed by atoms with van der Waals surface area (Å²) in [5.41, 5.74) is -0.986. The Labute approximate surface area is 148 Å². The molecule has 0 radical (unpaired) electrons. The Morgan fingerprint density at radius 3 is 2.80 bits per heavy atom. The lowest BCUT2D eigenvalue weighted by atomic mass is 9.86. The van der Waals surface area contributed by atoms with Crippen molar-refractivity contribution in [1.29, 1.82) is 0 Å². The van der Waals surface area contributed by atoms with Crippen molar-refractivity contribution in [3.8, 4) is 5.75 Å². The van der Waals surface area contributed by atoms with Crippen LogP contribution in [0.1, 0.15) is 31.2 Å². The van der Waals surface area contributed by atoms with Gasteiger partial charge in [-0.05, 0) is 43.4 Å². The highest BCUT2D eigenvalue weighted by atomic mass is 35.5. The van der Waals surface area contributed by atoms with Gasteiger partial charge < -0.3 is 4.74 Å². The quantitative estimate of drug-likeness (QED) is 0.719. The van der Waals surface area contributed by atoms with Crippen LogP contribution >= 0.6 is 11.6 Å². The second-order valence-corrected chi connectivity index (χ2v) is 6.85. The zero-order chi connectivity index (χ0) is 18.2. The number of ether oxygens (including phenoxy) is 1. The maximum atomic E-state index is 12.8. The Bertz CT molecular complexity index is 717. The van der Waals surface area contributed by atoms with Gasteiger partial charge in [-0.1, -0.05) is 11.6 Å². The predicted octanol–water partition coefficient (Wildman–Crippen LogP) is 4.38. The lowest BCUT2D eigenvalue weighted by Crippen LogP contribution is -2.26. The number of nitrogens with zero attached hydrogens (tertiary/aromatic N) is 2. The molecule has 3 unspecified atom stereocenters. The van der Waals surface area contributed by atoms with Gasteiger partial charge in [0, 0.05) is 6.42 Å². The number of hydrogen-bond donors (Lipinski definition) is 0. The molecule has 4 nitrogen and oxygen atoms in total. The van der Waals surface area contributed by atoms with Crippen molar-refractivity contribution in [3.05, 3.63) is 40.3 Å². The number of fused-ring (bicyclic) bond motifs is 2. The van der Waals surface area contributed by atoms with E-state index in [2.05, 4.69) is 4.95 Å². The number of halogens is 4. The highest BCUT2D eigenvalue weighted by Crippen LogP contribution is 2.43. The average molecular weight is 373 g/mol. The summed E-state index contributed by atoms with van der Waals surface area (Å²) in [5, 5.41) is 1.35. The molecule has 0 spiro atoms. The fraction of sp³-hybridized carbons (Fsp3) is 0.529. The van der Waals surface area contributed by atoms with Crippen LogP contribution in [0, 0.1) is 12.5 Å². The molecule has 25 heavy (non-hydrogen) atoms. The summed E-state index contributed by atoms with van der Waals surface area (Å²) in [6.07, 6.45) is -1.57. The summed E-state index contributed by atoms with van der Waals surface area (Å²) < 4.78 is 43.7. The number of rotatable bonds is 5. The minimum atomic E-state index is -4.58. The number of ketones is 1. The van der Waals surface area contributed by atoms with Crippen molar-refractivity contribution in [2.45, 2.75) is 43.9 Å². The van der Waals surface area contributed by atoms with Crippen molar-refractivity contribution in [2.75, 3.05) is 6.61 Å². The largest absolute Gasteiger partial charge is 0.486 e. The van der Waals surface area contributed by atoms with Crippen LogP contribution in [-0.2, 0) is 11.0 Å². The van der Waals surface area contributed by atoms with Gasteiger partial charge in [0.05, 0.1) is 16.6 Å². The van der Waals surface area contributed by atoms with E-state index < -0.39 is 16.8 Å². The number of Topliss-reactive ketones (excluding diaryl/α,β-unsaturated/α-hetero) is 1. The third-order valence-corrected chi connectivity index (χ3v) is 5.21. The summed E-state index contributed by atoms with van der Waals surface area (Å²) >= 11 is 5.55.